The fraction of sp³-hybridized carbons (Fsp3) is 0.387. The molecule has 3 heterocycles. The van der Waals surface area contributed by atoms with E-state index < -0.39 is 10.0 Å². The van der Waals surface area contributed by atoms with Crippen LogP contribution in [0.15, 0.2) is 64.0 Å². The molecule has 43 heavy (non-hydrogen) atoms. The molecule has 2 aromatic carbocycles. The van der Waals surface area contributed by atoms with Gasteiger partial charge in [0.05, 0.1) is 29.9 Å². The van der Waals surface area contributed by atoms with Crippen LogP contribution in [0.25, 0.3) is 16.8 Å². The number of halogens is 1. The predicted molar refractivity (Wildman–Crippen MR) is 166 cm³/mol. The third kappa shape index (κ3) is 6.20. The summed E-state index contributed by atoms with van der Waals surface area (Å²) in [5, 5.41) is 8.95. The standard InChI is InChI=1S/C31H34ClN5O5S/c1-21-28(22(2)42-34-21)24-7-4-6-23(16-24)19-43(39,40)36-14-12-35(13-15-36)27-18-33-37(26-9-5-8-25(32)17-26)30(38)29(27)41-20-31(3)10-11-31/h4-9,16-18H,10-15,19-20H2,1-3H3. The molecule has 0 bridgehead atoms. The second-order valence-electron chi connectivity index (χ2n) is 11.7. The number of anilines is 1. The Labute approximate surface area is 255 Å². The second kappa shape index (κ2) is 11.4. The van der Waals surface area contributed by atoms with Crippen LogP contribution in [-0.4, -0.2) is 60.4 Å². The molecule has 1 aliphatic heterocycles. The van der Waals surface area contributed by atoms with E-state index in [-0.39, 0.29) is 35.6 Å². The zero-order chi connectivity index (χ0) is 30.4. The molecule has 6 rings (SSSR count). The number of aryl methyl sites for hydroxylation is 2. The van der Waals surface area contributed by atoms with Crippen molar-refractivity contribution in [3.05, 3.63) is 87.1 Å². The highest BCUT2D eigenvalue weighted by Gasteiger charge is 2.39. The molecule has 0 N–H and O–H groups in total. The molecule has 0 radical (unpaired) electrons. The van der Waals surface area contributed by atoms with Gasteiger partial charge < -0.3 is 14.2 Å². The van der Waals surface area contributed by atoms with Crippen molar-refractivity contribution in [1.82, 2.24) is 19.2 Å². The van der Waals surface area contributed by atoms with E-state index >= 15 is 0 Å². The van der Waals surface area contributed by atoms with E-state index in [9.17, 15) is 13.2 Å². The summed E-state index contributed by atoms with van der Waals surface area (Å²) in [5.74, 6) is 0.794. The van der Waals surface area contributed by atoms with Crippen molar-refractivity contribution in [1.29, 1.82) is 0 Å². The summed E-state index contributed by atoms with van der Waals surface area (Å²) in [6.07, 6.45) is 3.72. The Morgan fingerprint density at radius 1 is 1.05 bits per heavy atom. The summed E-state index contributed by atoms with van der Waals surface area (Å²) in [6.45, 7) is 7.62. The number of rotatable bonds is 9. The maximum Gasteiger partial charge on any atom is 0.316 e. The van der Waals surface area contributed by atoms with Crippen molar-refractivity contribution in [2.75, 3.05) is 37.7 Å². The average Bonchev–Trinajstić information content (AvgIpc) is 3.62. The van der Waals surface area contributed by atoms with Gasteiger partial charge in [0.1, 0.15) is 11.4 Å². The van der Waals surface area contributed by atoms with E-state index in [4.69, 9.17) is 20.9 Å². The third-order valence-corrected chi connectivity index (χ3v) is 10.3. The van der Waals surface area contributed by atoms with Gasteiger partial charge in [0.25, 0.3) is 0 Å². The van der Waals surface area contributed by atoms with Gasteiger partial charge in [-0.3, -0.25) is 4.79 Å². The fourth-order valence-corrected chi connectivity index (χ4v) is 7.09. The first-order chi connectivity index (χ1) is 20.5. The van der Waals surface area contributed by atoms with Gasteiger partial charge >= 0.3 is 5.56 Å². The van der Waals surface area contributed by atoms with Crippen molar-refractivity contribution in [3.8, 4) is 22.6 Å². The molecule has 2 aromatic heterocycles. The van der Waals surface area contributed by atoms with Crippen LogP contribution in [-0.2, 0) is 15.8 Å². The minimum Gasteiger partial charge on any atom is -0.486 e. The highest BCUT2D eigenvalue weighted by atomic mass is 35.5. The Hall–Kier alpha value is -3.67. The van der Waals surface area contributed by atoms with Crippen molar-refractivity contribution >= 4 is 27.3 Å². The first kappa shape index (κ1) is 29.4. The van der Waals surface area contributed by atoms with Crippen LogP contribution in [0, 0.1) is 19.3 Å². The lowest BCUT2D eigenvalue weighted by atomic mass is 10.0. The fourth-order valence-electron chi connectivity index (χ4n) is 5.41. The zero-order valence-electron chi connectivity index (χ0n) is 24.4. The average molecular weight is 624 g/mol. The van der Waals surface area contributed by atoms with Crippen LogP contribution in [0.4, 0.5) is 5.69 Å². The van der Waals surface area contributed by atoms with E-state index in [2.05, 4.69) is 17.2 Å². The largest absolute Gasteiger partial charge is 0.486 e. The van der Waals surface area contributed by atoms with Crippen LogP contribution in [0.1, 0.15) is 36.8 Å². The predicted octanol–water partition coefficient (Wildman–Crippen LogP) is 4.99. The highest BCUT2D eigenvalue weighted by molar-refractivity contribution is 7.88. The van der Waals surface area contributed by atoms with Gasteiger partial charge in [-0.15, -0.1) is 0 Å². The Morgan fingerprint density at radius 3 is 2.47 bits per heavy atom. The van der Waals surface area contributed by atoms with Crippen LogP contribution in [0.5, 0.6) is 5.75 Å². The first-order valence-corrected chi connectivity index (χ1v) is 16.3. The number of aromatic nitrogens is 3. The van der Waals surface area contributed by atoms with Crippen molar-refractivity contribution in [2.45, 2.75) is 39.4 Å². The molecule has 0 spiro atoms. The Bertz CT molecular complexity index is 1800. The number of nitrogens with zero attached hydrogens (tertiary/aromatic N) is 5. The van der Waals surface area contributed by atoms with E-state index in [0.29, 0.717) is 47.4 Å². The molecule has 10 nitrogen and oxygen atoms in total. The van der Waals surface area contributed by atoms with Gasteiger partial charge in [0.15, 0.2) is 0 Å². The molecule has 1 saturated carbocycles. The first-order valence-electron chi connectivity index (χ1n) is 14.3. The Morgan fingerprint density at radius 2 is 1.79 bits per heavy atom. The molecule has 0 atom stereocenters. The Balaban J connectivity index is 1.20. The van der Waals surface area contributed by atoms with E-state index in [0.717, 1.165) is 29.7 Å². The number of sulfonamides is 1. The molecule has 1 saturated heterocycles. The van der Waals surface area contributed by atoms with Crippen LogP contribution < -0.4 is 15.2 Å². The number of benzene rings is 2. The van der Waals surface area contributed by atoms with Crippen molar-refractivity contribution in [2.24, 2.45) is 5.41 Å². The quantitative estimate of drug-likeness (QED) is 0.256. The van der Waals surface area contributed by atoms with Gasteiger partial charge in [-0.25, -0.2) is 8.42 Å². The number of piperazine rings is 1. The minimum absolute atomic E-state index is 0.0590. The van der Waals surface area contributed by atoms with Crippen molar-refractivity contribution < 1.29 is 17.7 Å². The minimum atomic E-state index is -3.59. The molecular formula is C31H34ClN5O5S. The molecule has 12 heteroatoms. The summed E-state index contributed by atoms with van der Waals surface area (Å²) < 4.78 is 41.2. The molecule has 226 valence electrons. The summed E-state index contributed by atoms with van der Waals surface area (Å²) >= 11 is 6.17. The van der Waals surface area contributed by atoms with Crippen LogP contribution in [0.2, 0.25) is 5.02 Å². The van der Waals surface area contributed by atoms with Gasteiger partial charge in [0.2, 0.25) is 15.8 Å². The maximum absolute atomic E-state index is 13.7. The van der Waals surface area contributed by atoms with Crippen LogP contribution >= 0.6 is 11.6 Å². The number of ether oxygens (including phenoxy) is 1. The number of hydrogen-bond acceptors (Lipinski definition) is 8. The molecule has 1 aliphatic carbocycles. The zero-order valence-corrected chi connectivity index (χ0v) is 26.0. The van der Waals surface area contributed by atoms with Crippen molar-refractivity contribution in [3.63, 3.8) is 0 Å². The molecule has 0 unspecified atom stereocenters. The summed E-state index contributed by atoms with van der Waals surface area (Å²) in [5.41, 5.74) is 4.00. The lowest BCUT2D eigenvalue weighted by molar-refractivity contribution is 0.242. The molecular weight excluding hydrogens is 590 g/mol. The maximum atomic E-state index is 13.7. The van der Waals surface area contributed by atoms with Gasteiger partial charge in [-0.05, 0) is 62.1 Å². The second-order valence-corrected chi connectivity index (χ2v) is 14.1. The molecule has 4 aromatic rings. The molecule has 2 fully saturated rings. The van der Waals surface area contributed by atoms with E-state index in [1.165, 1.54) is 8.99 Å². The third-order valence-electron chi connectivity index (χ3n) is 8.21. The monoisotopic (exact) mass is 623 g/mol. The smallest absolute Gasteiger partial charge is 0.316 e. The molecule has 0 amide bonds. The topological polar surface area (TPSA) is 111 Å². The van der Waals surface area contributed by atoms with Gasteiger partial charge in [-0.2, -0.15) is 14.1 Å². The van der Waals surface area contributed by atoms with Gasteiger partial charge in [0, 0.05) is 42.2 Å². The van der Waals surface area contributed by atoms with E-state index in [1.54, 1.807) is 30.5 Å². The SMILES string of the molecule is Cc1noc(C)c1-c1cccc(CS(=O)(=O)N2CCN(c3cnn(-c4cccc(Cl)c4)c(=O)c3OCC3(C)CC3)CC2)c1. The van der Waals surface area contributed by atoms with E-state index in [1.807, 2.05) is 43.0 Å². The highest BCUT2D eigenvalue weighted by Crippen LogP contribution is 2.45. The van der Waals surface area contributed by atoms with Crippen LogP contribution in [0.3, 0.4) is 0 Å². The normalized spacial score (nSPS) is 16.8. The Kier molecular flexibility index (Phi) is 7.82. The summed E-state index contributed by atoms with van der Waals surface area (Å²) in [4.78, 5) is 15.6. The molecule has 2 aliphatic rings. The lowest BCUT2D eigenvalue weighted by Gasteiger charge is -2.35. The number of hydrogen-bond donors (Lipinski definition) is 0. The lowest BCUT2D eigenvalue weighted by Crippen LogP contribution is -2.49. The van der Waals surface area contributed by atoms with Gasteiger partial charge in [-0.1, -0.05) is 47.9 Å². The summed E-state index contributed by atoms with van der Waals surface area (Å²) in [7, 11) is -3.59. The summed E-state index contributed by atoms with van der Waals surface area (Å²) in [6, 6.07) is 14.4.